The summed E-state index contributed by atoms with van der Waals surface area (Å²) in [6.07, 6.45) is 5.40. The highest BCUT2D eigenvalue weighted by Crippen LogP contribution is 2.25. The Bertz CT molecular complexity index is 620. The van der Waals surface area contributed by atoms with E-state index in [1.54, 1.807) is 0 Å². The average molecular weight is 288 g/mol. The minimum atomic E-state index is -0.463. The number of rotatable bonds is 6. The van der Waals surface area contributed by atoms with Crippen LogP contribution in [0.15, 0.2) is 24.5 Å². The predicted octanol–water partition coefficient (Wildman–Crippen LogP) is 2.02. The van der Waals surface area contributed by atoms with Gasteiger partial charge in [0.25, 0.3) is 0 Å². The number of hydrogen-bond donors (Lipinski definition) is 2. The van der Waals surface area contributed by atoms with Gasteiger partial charge >= 0.3 is 0 Å². The van der Waals surface area contributed by atoms with E-state index >= 15 is 0 Å². The van der Waals surface area contributed by atoms with E-state index in [0.717, 1.165) is 29.7 Å². The van der Waals surface area contributed by atoms with Crippen LogP contribution in [-0.2, 0) is 11.3 Å². The molecule has 0 aliphatic rings. The van der Waals surface area contributed by atoms with Gasteiger partial charge in [-0.2, -0.15) is 0 Å². The summed E-state index contributed by atoms with van der Waals surface area (Å²) < 4.78 is 1.98. The fraction of sp³-hybridized carbons (Fsp3) is 0.500. The molecule has 0 radical (unpaired) electrons. The fourth-order valence-electron chi connectivity index (χ4n) is 2.60. The molecular formula is C16H24N4O. The summed E-state index contributed by atoms with van der Waals surface area (Å²) in [6.45, 7) is 6.84. The Morgan fingerprint density at radius 1 is 1.43 bits per heavy atom. The van der Waals surface area contributed by atoms with E-state index in [4.69, 9.17) is 5.73 Å². The summed E-state index contributed by atoms with van der Waals surface area (Å²) in [5.74, 6) is 0.0174. The van der Waals surface area contributed by atoms with Crippen molar-refractivity contribution in [2.75, 3.05) is 6.54 Å². The molecule has 0 saturated carbocycles. The van der Waals surface area contributed by atoms with Crippen LogP contribution in [0.5, 0.6) is 0 Å². The maximum atomic E-state index is 12.4. The molecule has 0 unspecified atom stereocenters. The summed E-state index contributed by atoms with van der Waals surface area (Å²) in [5.41, 5.74) is 8.24. The molecule has 5 heteroatoms. The van der Waals surface area contributed by atoms with E-state index in [1.165, 1.54) is 0 Å². The highest BCUT2D eigenvalue weighted by atomic mass is 16.2. The Balaban J connectivity index is 2.11. The number of nitrogens with two attached hydrogens (primary N) is 1. The topological polar surface area (TPSA) is 72.4 Å². The third-order valence-corrected chi connectivity index (χ3v) is 4.38. The quantitative estimate of drug-likeness (QED) is 0.854. The third kappa shape index (κ3) is 2.93. The molecule has 2 aromatic rings. The van der Waals surface area contributed by atoms with E-state index in [-0.39, 0.29) is 5.91 Å². The first-order chi connectivity index (χ1) is 10.1. The zero-order valence-electron chi connectivity index (χ0n) is 13.0. The van der Waals surface area contributed by atoms with Crippen molar-refractivity contribution in [2.24, 2.45) is 11.1 Å². The first-order valence-electron chi connectivity index (χ1n) is 7.48. The van der Waals surface area contributed by atoms with E-state index < -0.39 is 5.41 Å². The van der Waals surface area contributed by atoms with Gasteiger partial charge in [0.1, 0.15) is 5.65 Å². The summed E-state index contributed by atoms with van der Waals surface area (Å²) in [5, 5.41) is 2.98. The van der Waals surface area contributed by atoms with Gasteiger partial charge in [-0.15, -0.1) is 0 Å². The number of fused-ring (bicyclic) bond motifs is 1. The van der Waals surface area contributed by atoms with E-state index in [1.807, 2.05) is 49.7 Å². The fourth-order valence-corrected chi connectivity index (χ4v) is 2.60. The van der Waals surface area contributed by atoms with Crippen LogP contribution in [0, 0.1) is 12.3 Å². The van der Waals surface area contributed by atoms with Gasteiger partial charge < -0.3 is 15.5 Å². The van der Waals surface area contributed by atoms with Crippen molar-refractivity contribution in [1.29, 1.82) is 0 Å². The lowest BCUT2D eigenvalue weighted by Crippen LogP contribution is -2.45. The number of aryl methyl sites for hydroxylation is 1. The molecule has 2 aromatic heterocycles. The van der Waals surface area contributed by atoms with Gasteiger partial charge in [-0.25, -0.2) is 4.98 Å². The monoisotopic (exact) mass is 288 g/mol. The van der Waals surface area contributed by atoms with Crippen LogP contribution in [-0.4, -0.2) is 21.8 Å². The number of amides is 1. The number of imidazole rings is 1. The molecule has 0 aliphatic carbocycles. The molecule has 0 atom stereocenters. The number of pyridine rings is 1. The Labute approximate surface area is 125 Å². The van der Waals surface area contributed by atoms with Gasteiger partial charge in [-0.3, -0.25) is 4.79 Å². The van der Waals surface area contributed by atoms with Crippen molar-refractivity contribution in [3.05, 3.63) is 35.8 Å². The lowest BCUT2D eigenvalue weighted by atomic mass is 9.81. The van der Waals surface area contributed by atoms with Gasteiger partial charge in [-0.05, 0) is 31.4 Å². The second kappa shape index (κ2) is 6.26. The number of aromatic nitrogens is 2. The lowest BCUT2D eigenvalue weighted by molar-refractivity contribution is -0.131. The molecule has 1 amide bonds. The van der Waals surface area contributed by atoms with Crippen LogP contribution < -0.4 is 11.1 Å². The molecule has 2 rings (SSSR count). The first-order valence-corrected chi connectivity index (χ1v) is 7.48. The molecule has 0 saturated heterocycles. The predicted molar refractivity (Wildman–Crippen MR) is 83.8 cm³/mol. The van der Waals surface area contributed by atoms with E-state index in [0.29, 0.717) is 13.1 Å². The van der Waals surface area contributed by atoms with Gasteiger partial charge in [0.05, 0.1) is 17.7 Å². The SMILES string of the molecule is CCC(CC)(CN)C(=O)NCc1cn2cccc(C)c2n1. The molecule has 2 heterocycles. The molecular weight excluding hydrogens is 264 g/mol. The summed E-state index contributed by atoms with van der Waals surface area (Å²) >= 11 is 0. The van der Waals surface area contributed by atoms with Crippen LogP contribution >= 0.6 is 0 Å². The molecule has 0 bridgehead atoms. The number of carbonyl (C=O) groups is 1. The van der Waals surface area contributed by atoms with E-state index in [2.05, 4.69) is 10.3 Å². The van der Waals surface area contributed by atoms with Gasteiger partial charge in [0.15, 0.2) is 0 Å². The smallest absolute Gasteiger partial charge is 0.227 e. The molecule has 5 nitrogen and oxygen atoms in total. The first kappa shape index (κ1) is 15.5. The molecule has 0 aromatic carbocycles. The Kier molecular flexibility index (Phi) is 4.63. The van der Waals surface area contributed by atoms with Gasteiger partial charge in [0.2, 0.25) is 5.91 Å². The van der Waals surface area contributed by atoms with Crippen molar-refractivity contribution >= 4 is 11.6 Å². The van der Waals surface area contributed by atoms with Crippen molar-refractivity contribution in [2.45, 2.75) is 40.2 Å². The summed E-state index contributed by atoms with van der Waals surface area (Å²) in [7, 11) is 0. The second-order valence-electron chi connectivity index (χ2n) is 5.53. The molecule has 21 heavy (non-hydrogen) atoms. The minimum absolute atomic E-state index is 0.0174. The number of hydrogen-bond acceptors (Lipinski definition) is 3. The van der Waals surface area contributed by atoms with Gasteiger partial charge in [-0.1, -0.05) is 19.9 Å². The van der Waals surface area contributed by atoms with Crippen molar-refractivity contribution in [1.82, 2.24) is 14.7 Å². The third-order valence-electron chi connectivity index (χ3n) is 4.38. The standard InChI is InChI=1S/C16H24N4O/c1-4-16(5-2,11-17)15(21)18-9-13-10-20-8-6-7-12(3)14(20)19-13/h6-8,10H,4-5,9,11,17H2,1-3H3,(H,18,21). The Morgan fingerprint density at radius 3 is 2.71 bits per heavy atom. The van der Waals surface area contributed by atoms with Crippen molar-refractivity contribution < 1.29 is 4.79 Å². The van der Waals surface area contributed by atoms with Crippen LogP contribution in [0.2, 0.25) is 0 Å². The van der Waals surface area contributed by atoms with Crippen LogP contribution in [0.3, 0.4) is 0 Å². The maximum Gasteiger partial charge on any atom is 0.227 e. The molecule has 3 N–H and O–H groups in total. The molecule has 114 valence electrons. The maximum absolute atomic E-state index is 12.4. The summed E-state index contributed by atoms with van der Waals surface area (Å²) in [6, 6.07) is 4.01. The van der Waals surface area contributed by atoms with Crippen molar-refractivity contribution in [3.8, 4) is 0 Å². The highest BCUT2D eigenvalue weighted by molar-refractivity contribution is 5.82. The number of nitrogens with zero attached hydrogens (tertiary/aromatic N) is 2. The normalized spacial score (nSPS) is 11.8. The van der Waals surface area contributed by atoms with Crippen LogP contribution in [0.1, 0.15) is 37.9 Å². The van der Waals surface area contributed by atoms with Crippen LogP contribution in [0.25, 0.3) is 5.65 Å². The Hall–Kier alpha value is -1.88. The lowest BCUT2D eigenvalue weighted by Gasteiger charge is -2.28. The average Bonchev–Trinajstić information content (AvgIpc) is 2.92. The zero-order chi connectivity index (χ0) is 15.5. The van der Waals surface area contributed by atoms with Gasteiger partial charge in [0, 0.05) is 18.9 Å². The molecule has 0 spiro atoms. The Morgan fingerprint density at radius 2 is 2.14 bits per heavy atom. The number of carbonyl (C=O) groups excluding carboxylic acids is 1. The zero-order valence-corrected chi connectivity index (χ0v) is 13.0. The largest absolute Gasteiger partial charge is 0.350 e. The molecule has 0 aliphatic heterocycles. The second-order valence-corrected chi connectivity index (χ2v) is 5.53. The van der Waals surface area contributed by atoms with Crippen molar-refractivity contribution in [3.63, 3.8) is 0 Å². The van der Waals surface area contributed by atoms with Crippen LogP contribution in [0.4, 0.5) is 0 Å². The molecule has 0 fully saturated rings. The minimum Gasteiger partial charge on any atom is -0.350 e. The summed E-state index contributed by atoms with van der Waals surface area (Å²) in [4.78, 5) is 16.9. The number of nitrogens with one attached hydrogen (secondary N) is 1. The highest BCUT2D eigenvalue weighted by Gasteiger charge is 2.33. The van der Waals surface area contributed by atoms with E-state index in [9.17, 15) is 4.79 Å².